The van der Waals surface area contributed by atoms with Crippen LogP contribution < -0.4 is 15.4 Å². The van der Waals surface area contributed by atoms with Crippen LogP contribution in [0.5, 0.6) is 5.75 Å². The second kappa shape index (κ2) is 7.14. The Labute approximate surface area is 147 Å². The van der Waals surface area contributed by atoms with E-state index in [-0.39, 0.29) is 12.5 Å². The molecular formula is C21H20N2O2. The first-order valence-corrected chi connectivity index (χ1v) is 8.14. The quantitative estimate of drug-likeness (QED) is 0.531. The van der Waals surface area contributed by atoms with Gasteiger partial charge in [-0.3, -0.25) is 4.79 Å². The molecule has 1 heterocycles. The van der Waals surface area contributed by atoms with Gasteiger partial charge in [-0.25, -0.2) is 0 Å². The van der Waals surface area contributed by atoms with E-state index >= 15 is 0 Å². The maximum Gasteiger partial charge on any atom is 0.251 e. The molecule has 4 heteroatoms. The van der Waals surface area contributed by atoms with E-state index in [1.165, 1.54) is 0 Å². The number of ether oxygens (including phenoxy) is 1. The summed E-state index contributed by atoms with van der Waals surface area (Å²) in [7, 11) is 0. The summed E-state index contributed by atoms with van der Waals surface area (Å²) in [5, 5.41) is 0. The van der Waals surface area contributed by atoms with Crippen molar-refractivity contribution in [3.05, 3.63) is 59.2 Å². The monoisotopic (exact) mass is 332 g/mol. The average molecular weight is 332 g/mol. The molecule has 3 rings (SSSR count). The number of terminal acetylenes is 1. The van der Waals surface area contributed by atoms with Crippen LogP contribution in [0.3, 0.4) is 0 Å². The molecule has 2 aromatic carbocycles. The number of amides is 1. The number of fused-ring (bicyclic) bond motifs is 1. The minimum atomic E-state index is -0.0676. The van der Waals surface area contributed by atoms with E-state index in [0.717, 1.165) is 34.5 Å². The van der Waals surface area contributed by atoms with Gasteiger partial charge in [0.25, 0.3) is 5.91 Å². The topological polar surface area (TPSA) is 55.6 Å². The van der Waals surface area contributed by atoms with Crippen molar-refractivity contribution in [2.75, 3.05) is 23.8 Å². The van der Waals surface area contributed by atoms with Crippen molar-refractivity contribution in [3.63, 3.8) is 0 Å². The van der Waals surface area contributed by atoms with Crippen LogP contribution in [0.15, 0.2) is 42.5 Å². The van der Waals surface area contributed by atoms with E-state index in [2.05, 4.69) is 5.92 Å². The Hall–Kier alpha value is -3.19. The largest absolute Gasteiger partial charge is 0.481 e. The predicted molar refractivity (Wildman–Crippen MR) is 101 cm³/mol. The van der Waals surface area contributed by atoms with E-state index in [1.54, 1.807) is 17.1 Å². The molecule has 0 bridgehead atoms. The van der Waals surface area contributed by atoms with Crippen molar-refractivity contribution in [2.24, 2.45) is 0 Å². The van der Waals surface area contributed by atoms with E-state index < -0.39 is 0 Å². The Bertz CT molecular complexity index is 878. The second-order valence-corrected chi connectivity index (χ2v) is 5.95. The smallest absolute Gasteiger partial charge is 0.251 e. The zero-order valence-corrected chi connectivity index (χ0v) is 14.2. The van der Waals surface area contributed by atoms with Crippen LogP contribution in [0.1, 0.15) is 16.7 Å². The molecule has 2 N–H and O–H groups in total. The first-order chi connectivity index (χ1) is 12.1. The number of aryl methyl sites for hydroxylation is 1. The molecule has 126 valence electrons. The highest BCUT2D eigenvalue weighted by Crippen LogP contribution is 2.33. The Morgan fingerprint density at radius 2 is 2.24 bits per heavy atom. The summed E-state index contributed by atoms with van der Waals surface area (Å²) in [6.07, 6.45) is 9.42. The summed E-state index contributed by atoms with van der Waals surface area (Å²) < 4.78 is 5.45. The van der Waals surface area contributed by atoms with Crippen molar-refractivity contribution >= 4 is 23.4 Å². The van der Waals surface area contributed by atoms with Crippen LogP contribution in [-0.2, 0) is 11.2 Å². The third-order valence-corrected chi connectivity index (χ3v) is 4.22. The summed E-state index contributed by atoms with van der Waals surface area (Å²) in [5.41, 5.74) is 10.5. The van der Waals surface area contributed by atoms with Crippen LogP contribution in [0.4, 0.5) is 11.4 Å². The lowest BCUT2D eigenvalue weighted by molar-refractivity contribution is -0.114. The third-order valence-electron chi connectivity index (χ3n) is 4.22. The number of rotatable bonds is 4. The fourth-order valence-electron chi connectivity index (χ4n) is 3.02. The van der Waals surface area contributed by atoms with Crippen LogP contribution in [0.25, 0.3) is 6.08 Å². The summed E-state index contributed by atoms with van der Waals surface area (Å²) >= 11 is 0. The molecule has 1 amide bonds. The first-order valence-electron chi connectivity index (χ1n) is 8.14. The van der Waals surface area contributed by atoms with Crippen LogP contribution >= 0.6 is 0 Å². The molecule has 0 fully saturated rings. The highest BCUT2D eigenvalue weighted by molar-refractivity contribution is 6.07. The number of nitrogens with zero attached hydrogens (tertiary/aromatic N) is 1. The van der Waals surface area contributed by atoms with Crippen molar-refractivity contribution in [3.8, 4) is 18.1 Å². The van der Waals surface area contributed by atoms with Crippen molar-refractivity contribution in [2.45, 2.75) is 13.3 Å². The molecule has 25 heavy (non-hydrogen) atoms. The molecule has 0 unspecified atom stereocenters. The third kappa shape index (κ3) is 3.51. The van der Waals surface area contributed by atoms with Gasteiger partial charge in [-0.15, -0.1) is 6.42 Å². The van der Waals surface area contributed by atoms with Crippen molar-refractivity contribution in [1.29, 1.82) is 0 Å². The Morgan fingerprint density at radius 1 is 1.40 bits per heavy atom. The first kappa shape index (κ1) is 16.7. The number of para-hydroxylation sites is 1. The molecule has 1 aliphatic rings. The normalized spacial score (nSPS) is 12.9. The fraction of sp³-hybridized carbons (Fsp3) is 0.190. The number of hydrogen-bond donors (Lipinski definition) is 1. The number of benzene rings is 2. The standard InChI is InChI=1S/C21H20N2O2/c1-3-13-25-19-9-7-16(14-15(19)2)8-10-20(24)23-12-11-17-5-4-6-18(22)21(17)23/h1,4-10,14H,11-13,22H2,2H3/b10-8+. The number of carbonyl (C=O) groups excluding carboxylic acids is 1. The maximum absolute atomic E-state index is 12.6. The van der Waals surface area contributed by atoms with Gasteiger partial charge in [0.05, 0.1) is 11.4 Å². The minimum Gasteiger partial charge on any atom is -0.481 e. The van der Waals surface area contributed by atoms with Crippen molar-refractivity contribution < 1.29 is 9.53 Å². The molecule has 0 saturated carbocycles. The number of carbonyl (C=O) groups is 1. The zero-order chi connectivity index (χ0) is 17.8. The lowest BCUT2D eigenvalue weighted by Gasteiger charge is -2.17. The number of anilines is 2. The van der Waals surface area contributed by atoms with Gasteiger partial charge in [0.2, 0.25) is 0 Å². The highest BCUT2D eigenvalue weighted by Gasteiger charge is 2.24. The zero-order valence-electron chi connectivity index (χ0n) is 14.2. The van der Waals surface area contributed by atoms with Gasteiger partial charge in [-0.1, -0.05) is 24.1 Å². The van der Waals surface area contributed by atoms with E-state index in [1.807, 2.05) is 43.3 Å². The molecule has 0 aromatic heterocycles. The van der Waals surface area contributed by atoms with E-state index in [4.69, 9.17) is 16.9 Å². The molecule has 0 spiro atoms. The molecular weight excluding hydrogens is 312 g/mol. The predicted octanol–water partition coefficient (Wildman–Crippen LogP) is 3.19. The van der Waals surface area contributed by atoms with Gasteiger partial charge in [0.1, 0.15) is 12.4 Å². The lowest BCUT2D eigenvalue weighted by atomic mass is 10.1. The summed E-state index contributed by atoms with van der Waals surface area (Å²) in [5.74, 6) is 3.13. The SMILES string of the molecule is C#CCOc1ccc(/C=C/C(=O)N2CCc3cccc(N)c32)cc1C. The van der Waals surface area contributed by atoms with Gasteiger partial charge in [0.15, 0.2) is 0 Å². The Kier molecular flexibility index (Phi) is 4.76. The summed E-state index contributed by atoms with van der Waals surface area (Å²) in [4.78, 5) is 14.3. The van der Waals surface area contributed by atoms with Gasteiger partial charge >= 0.3 is 0 Å². The molecule has 0 radical (unpaired) electrons. The lowest BCUT2D eigenvalue weighted by Crippen LogP contribution is -2.27. The highest BCUT2D eigenvalue weighted by atomic mass is 16.5. The Morgan fingerprint density at radius 3 is 3.00 bits per heavy atom. The molecule has 0 saturated heterocycles. The van der Waals surface area contributed by atoms with Gasteiger partial charge in [-0.05, 0) is 54.3 Å². The van der Waals surface area contributed by atoms with Crippen molar-refractivity contribution in [1.82, 2.24) is 0 Å². The Balaban J connectivity index is 1.74. The molecule has 4 nitrogen and oxygen atoms in total. The number of nitrogen functional groups attached to an aromatic ring is 1. The van der Waals surface area contributed by atoms with Gasteiger partial charge in [-0.2, -0.15) is 0 Å². The number of hydrogen-bond acceptors (Lipinski definition) is 3. The molecule has 1 aliphatic heterocycles. The minimum absolute atomic E-state index is 0.0676. The summed E-state index contributed by atoms with van der Waals surface area (Å²) in [6.45, 7) is 2.84. The molecule has 0 aliphatic carbocycles. The number of nitrogens with two attached hydrogens (primary N) is 1. The van der Waals surface area contributed by atoms with E-state index in [0.29, 0.717) is 12.2 Å². The van der Waals surface area contributed by atoms with Gasteiger partial charge in [0, 0.05) is 12.6 Å². The van der Waals surface area contributed by atoms with E-state index in [9.17, 15) is 4.79 Å². The van der Waals surface area contributed by atoms with Crippen LogP contribution in [0, 0.1) is 19.3 Å². The fourth-order valence-corrected chi connectivity index (χ4v) is 3.02. The summed E-state index contributed by atoms with van der Waals surface area (Å²) in [6, 6.07) is 11.5. The molecule has 2 aromatic rings. The van der Waals surface area contributed by atoms with Gasteiger partial charge < -0.3 is 15.4 Å². The maximum atomic E-state index is 12.6. The van der Waals surface area contributed by atoms with Crippen LogP contribution in [0.2, 0.25) is 0 Å². The second-order valence-electron chi connectivity index (χ2n) is 5.95. The van der Waals surface area contributed by atoms with Crippen LogP contribution in [-0.4, -0.2) is 19.1 Å². The molecule has 0 atom stereocenters. The average Bonchev–Trinajstić information content (AvgIpc) is 3.04.